The number of benzene rings is 1. The third-order valence-electron chi connectivity index (χ3n) is 2.37. The van der Waals surface area contributed by atoms with Crippen LogP contribution < -0.4 is 5.32 Å². The fourth-order valence-corrected chi connectivity index (χ4v) is 2.27. The summed E-state index contributed by atoms with van der Waals surface area (Å²) in [5, 5.41) is 5.96. The second kappa shape index (κ2) is 5.50. The lowest BCUT2D eigenvalue weighted by atomic mass is 10.2. The van der Waals surface area contributed by atoms with Crippen LogP contribution in [0.5, 0.6) is 0 Å². The van der Waals surface area contributed by atoms with Crippen LogP contribution in [0.4, 0.5) is 5.00 Å². The number of thiophene rings is 1. The Hall–Kier alpha value is -1.81. The van der Waals surface area contributed by atoms with E-state index in [1.165, 1.54) is 24.0 Å². The monoisotopic (exact) mass is 247 g/mol. The van der Waals surface area contributed by atoms with Crippen molar-refractivity contribution in [3.8, 4) is 0 Å². The molecule has 0 radical (unpaired) electrons. The molecule has 1 aromatic carbocycles. The molecule has 3 nitrogen and oxygen atoms in total. The number of carbonyl (C=O) groups excluding carboxylic acids is 1. The van der Waals surface area contributed by atoms with Gasteiger partial charge < -0.3 is 10.1 Å². The summed E-state index contributed by atoms with van der Waals surface area (Å²) in [6, 6.07) is 11.8. The second-order valence-electron chi connectivity index (χ2n) is 3.49. The van der Waals surface area contributed by atoms with E-state index in [0.717, 1.165) is 5.00 Å². The summed E-state index contributed by atoms with van der Waals surface area (Å²) in [6.07, 6.45) is 0. The van der Waals surface area contributed by atoms with E-state index in [4.69, 9.17) is 4.74 Å². The number of carbonyl (C=O) groups is 1. The zero-order valence-electron chi connectivity index (χ0n) is 9.47. The van der Waals surface area contributed by atoms with E-state index in [0.29, 0.717) is 12.1 Å². The molecule has 0 atom stereocenters. The third-order valence-corrected chi connectivity index (χ3v) is 3.24. The van der Waals surface area contributed by atoms with Crippen molar-refractivity contribution in [2.45, 2.75) is 6.54 Å². The first-order chi connectivity index (χ1) is 8.31. The van der Waals surface area contributed by atoms with Crippen molar-refractivity contribution < 1.29 is 9.53 Å². The number of hydrogen-bond donors (Lipinski definition) is 1. The largest absolute Gasteiger partial charge is 0.465 e. The predicted octanol–water partition coefficient (Wildman–Crippen LogP) is 3.15. The normalized spacial score (nSPS) is 9.94. The summed E-state index contributed by atoms with van der Waals surface area (Å²) in [5.41, 5.74) is 1.77. The van der Waals surface area contributed by atoms with Crippen LogP contribution in [0.3, 0.4) is 0 Å². The van der Waals surface area contributed by atoms with E-state index in [1.54, 1.807) is 6.07 Å². The van der Waals surface area contributed by atoms with Gasteiger partial charge in [0.1, 0.15) is 5.00 Å². The molecule has 0 bridgehead atoms. The Kier molecular flexibility index (Phi) is 3.77. The Morgan fingerprint density at radius 2 is 2.06 bits per heavy atom. The zero-order chi connectivity index (χ0) is 12.1. The van der Waals surface area contributed by atoms with Gasteiger partial charge in [-0.2, -0.15) is 0 Å². The van der Waals surface area contributed by atoms with Crippen LogP contribution in [0, 0.1) is 0 Å². The van der Waals surface area contributed by atoms with Gasteiger partial charge in [-0.25, -0.2) is 4.79 Å². The molecule has 0 aliphatic carbocycles. The van der Waals surface area contributed by atoms with Gasteiger partial charge in [0.15, 0.2) is 0 Å². The minimum Gasteiger partial charge on any atom is -0.465 e. The first-order valence-corrected chi connectivity index (χ1v) is 6.13. The van der Waals surface area contributed by atoms with Crippen molar-refractivity contribution in [1.82, 2.24) is 0 Å². The van der Waals surface area contributed by atoms with Gasteiger partial charge in [0.25, 0.3) is 0 Å². The lowest BCUT2D eigenvalue weighted by Crippen LogP contribution is -2.05. The molecule has 0 aliphatic heterocycles. The van der Waals surface area contributed by atoms with Gasteiger partial charge in [-0.1, -0.05) is 30.3 Å². The smallest absolute Gasteiger partial charge is 0.340 e. The molecule has 2 rings (SSSR count). The van der Waals surface area contributed by atoms with Crippen LogP contribution in [-0.4, -0.2) is 13.1 Å². The van der Waals surface area contributed by atoms with Crippen molar-refractivity contribution in [3.63, 3.8) is 0 Å². The number of nitrogens with one attached hydrogen (secondary N) is 1. The Balaban J connectivity index is 2.05. The van der Waals surface area contributed by atoms with E-state index in [2.05, 4.69) is 5.32 Å². The summed E-state index contributed by atoms with van der Waals surface area (Å²) in [4.78, 5) is 11.5. The van der Waals surface area contributed by atoms with E-state index in [-0.39, 0.29) is 5.97 Å². The average molecular weight is 247 g/mol. The van der Waals surface area contributed by atoms with Gasteiger partial charge >= 0.3 is 5.97 Å². The van der Waals surface area contributed by atoms with Crippen molar-refractivity contribution >= 4 is 22.3 Å². The maximum Gasteiger partial charge on any atom is 0.340 e. The number of hydrogen-bond acceptors (Lipinski definition) is 4. The highest BCUT2D eigenvalue weighted by molar-refractivity contribution is 7.14. The van der Waals surface area contributed by atoms with Crippen molar-refractivity contribution in [3.05, 3.63) is 52.9 Å². The molecule has 1 N–H and O–H groups in total. The minimum atomic E-state index is -0.304. The highest BCUT2D eigenvalue weighted by Crippen LogP contribution is 2.24. The summed E-state index contributed by atoms with van der Waals surface area (Å²) < 4.78 is 4.72. The van der Waals surface area contributed by atoms with Gasteiger partial charge in [0, 0.05) is 6.54 Å². The van der Waals surface area contributed by atoms with E-state index in [9.17, 15) is 4.79 Å². The highest BCUT2D eigenvalue weighted by atomic mass is 32.1. The first kappa shape index (κ1) is 11.7. The lowest BCUT2D eigenvalue weighted by molar-refractivity contribution is 0.0602. The molecule has 4 heteroatoms. The number of rotatable bonds is 4. The summed E-state index contributed by atoms with van der Waals surface area (Å²) >= 11 is 1.50. The molecule has 0 saturated carbocycles. The number of ether oxygens (including phenoxy) is 1. The quantitative estimate of drug-likeness (QED) is 0.843. The molecular formula is C13H13NO2S. The maximum atomic E-state index is 11.5. The van der Waals surface area contributed by atoms with Crippen LogP contribution in [-0.2, 0) is 11.3 Å². The molecule has 0 saturated heterocycles. The molecule has 17 heavy (non-hydrogen) atoms. The van der Waals surface area contributed by atoms with Crippen LogP contribution in [0.1, 0.15) is 15.9 Å². The van der Waals surface area contributed by atoms with Gasteiger partial charge in [-0.3, -0.25) is 0 Å². The van der Waals surface area contributed by atoms with Crippen LogP contribution in [0.25, 0.3) is 0 Å². The Morgan fingerprint density at radius 3 is 2.76 bits per heavy atom. The molecule has 0 unspecified atom stereocenters. The van der Waals surface area contributed by atoms with E-state index < -0.39 is 0 Å². The molecular weight excluding hydrogens is 234 g/mol. The third kappa shape index (κ3) is 2.85. The van der Waals surface area contributed by atoms with Crippen LogP contribution >= 0.6 is 11.3 Å². The van der Waals surface area contributed by atoms with Gasteiger partial charge in [0.2, 0.25) is 0 Å². The predicted molar refractivity (Wildman–Crippen MR) is 69.4 cm³/mol. The molecule has 88 valence electrons. The SMILES string of the molecule is COC(=O)c1ccsc1NCc1ccccc1. The molecule has 2 aromatic rings. The van der Waals surface area contributed by atoms with Crippen LogP contribution in [0.2, 0.25) is 0 Å². The molecule has 1 heterocycles. The summed E-state index contributed by atoms with van der Waals surface area (Å²) in [7, 11) is 1.39. The molecule has 0 spiro atoms. The molecule has 0 amide bonds. The standard InChI is InChI=1S/C13H13NO2S/c1-16-13(15)11-7-8-17-12(11)14-9-10-5-3-2-4-6-10/h2-8,14H,9H2,1H3. The molecule has 0 fully saturated rings. The van der Waals surface area contributed by atoms with Crippen molar-refractivity contribution in [2.75, 3.05) is 12.4 Å². The second-order valence-corrected chi connectivity index (χ2v) is 4.41. The van der Waals surface area contributed by atoms with Gasteiger partial charge in [0.05, 0.1) is 12.7 Å². The molecule has 1 aromatic heterocycles. The van der Waals surface area contributed by atoms with E-state index in [1.807, 2.05) is 35.7 Å². The first-order valence-electron chi connectivity index (χ1n) is 5.25. The summed E-state index contributed by atoms with van der Waals surface area (Å²) in [6.45, 7) is 0.700. The van der Waals surface area contributed by atoms with E-state index >= 15 is 0 Å². The number of methoxy groups -OCH3 is 1. The fourth-order valence-electron chi connectivity index (χ4n) is 1.50. The zero-order valence-corrected chi connectivity index (χ0v) is 10.3. The maximum absolute atomic E-state index is 11.5. The van der Waals surface area contributed by atoms with Crippen LogP contribution in [0.15, 0.2) is 41.8 Å². The Morgan fingerprint density at radius 1 is 1.29 bits per heavy atom. The summed E-state index contributed by atoms with van der Waals surface area (Å²) in [5.74, 6) is -0.304. The topological polar surface area (TPSA) is 38.3 Å². The van der Waals surface area contributed by atoms with Gasteiger partial charge in [-0.15, -0.1) is 11.3 Å². The Bertz CT molecular complexity index is 493. The Labute approximate surface area is 104 Å². The lowest BCUT2D eigenvalue weighted by Gasteiger charge is -2.06. The van der Waals surface area contributed by atoms with Gasteiger partial charge in [-0.05, 0) is 17.0 Å². The number of anilines is 1. The van der Waals surface area contributed by atoms with Crippen molar-refractivity contribution in [2.24, 2.45) is 0 Å². The minimum absolute atomic E-state index is 0.304. The van der Waals surface area contributed by atoms with Crippen molar-refractivity contribution in [1.29, 1.82) is 0 Å². The average Bonchev–Trinajstić information content (AvgIpc) is 2.85. The number of esters is 1. The molecule has 0 aliphatic rings. The highest BCUT2D eigenvalue weighted by Gasteiger charge is 2.12. The fraction of sp³-hybridized carbons (Fsp3) is 0.154.